The second-order valence-electron chi connectivity index (χ2n) is 3.24. The van der Waals surface area contributed by atoms with E-state index in [0.717, 1.165) is 12.3 Å². The molecule has 0 radical (unpaired) electrons. The minimum absolute atomic E-state index is 0.227. The van der Waals surface area contributed by atoms with Gasteiger partial charge in [-0.25, -0.2) is 9.78 Å². The molecule has 4 nitrogen and oxygen atoms in total. The molecule has 0 spiro atoms. The summed E-state index contributed by atoms with van der Waals surface area (Å²) in [4.78, 5) is 14.9. The second kappa shape index (κ2) is 6.17. The number of rotatable bonds is 5. The fourth-order valence-corrected chi connectivity index (χ4v) is 1.07. The molecule has 1 rings (SSSR count). The second-order valence-corrected chi connectivity index (χ2v) is 3.24. The van der Waals surface area contributed by atoms with Crippen molar-refractivity contribution in [2.45, 2.75) is 20.0 Å². The van der Waals surface area contributed by atoms with Crippen LogP contribution in [0.25, 0.3) is 0 Å². The molecule has 0 saturated heterocycles. The number of aromatic nitrogens is 1. The van der Waals surface area contributed by atoms with Gasteiger partial charge >= 0.3 is 5.97 Å². The van der Waals surface area contributed by atoms with E-state index in [2.05, 4.69) is 4.98 Å². The normalized spacial score (nSPS) is 12.2. The number of nitrogens with zero attached hydrogens (tertiary/aromatic N) is 1. The van der Waals surface area contributed by atoms with Crippen LogP contribution in [0.1, 0.15) is 24.2 Å². The SMILES string of the molecule is CCOCC(C)OC(=O)c1ccc(F)nc1. The summed E-state index contributed by atoms with van der Waals surface area (Å²) in [6.07, 6.45) is 0.808. The van der Waals surface area contributed by atoms with Crippen LogP contribution in [0.5, 0.6) is 0 Å². The van der Waals surface area contributed by atoms with E-state index in [1.807, 2.05) is 6.92 Å². The Morgan fingerprint density at radius 1 is 1.56 bits per heavy atom. The lowest BCUT2D eigenvalue weighted by atomic mass is 10.3. The van der Waals surface area contributed by atoms with E-state index >= 15 is 0 Å². The maximum absolute atomic E-state index is 12.5. The summed E-state index contributed by atoms with van der Waals surface area (Å²) in [5, 5.41) is 0. The minimum Gasteiger partial charge on any atom is -0.457 e. The van der Waals surface area contributed by atoms with Gasteiger partial charge in [-0.05, 0) is 26.0 Å². The largest absolute Gasteiger partial charge is 0.457 e. The standard InChI is InChI=1S/C11H14FNO3/c1-3-15-7-8(2)16-11(14)9-4-5-10(12)13-6-9/h4-6,8H,3,7H2,1-2H3. The average molecular weight is 227 g/mol. The zero-order chi connectivity index (χ0) is 12.0. The third-order valence-electron chi connectivity index (χ3n) is 1.83. The zero-order valence-corrected chi connectivity index (χ0v) is 9.27. The van der Waals surface area contributed by atoms with Gasteiger partial charge in [0, 0.05) is 12.8 Å². The molecule has 88 valence electrons. The molecular formula is C11H14FNO3. The summed E-state index contributed by atoms with van der Waals surface area (Å²) >= 11 is 0. The van der Waals surface area contributed by atoms with Crippen molar-refractivity contribution in [2.75, 3.05) is 13.2 Å². The van der Waals surface area contributed by atoms with E-state index in [-0.39, 0.29) is 11.7 Å². The number of esters is 1. The molecule has 0 aliphatic rings. The predicted molar refractivity (Wildman–Crippen MR) is 55.6 cm³/mol. The molecule has 5 heteroatoms. The van der Waals surface area contributed by atoms with Crippen LogP contribution < -0.4 is 0 Å². The maximum atomic E-state index is 12.5. The highest BCUT2D eigenvalue weighted by atomic mass is 19.1. The van der Waals surface area contributed by atoms with E-state index in [1.165, 1.54) is 6.07 Å². The number of carbonyl (C=O) groups excluding carboxylic acids is 1. The van der Waals surface area contributed by atoms with Gasteiger partial charge in [-0.15, -0.1) is 0 Å². The molecule has 0 aliphatic heterocycles. The van der Waals surface area contributed by atoms with Gasteiger partial charge in [-0.1, -0.05) is 0 Å². The number of halogens is 1. The van der Waals surface area contributed by atoms with Crippen LogP contribution in [-0.4, -0.2) is 30.3 Å². The quantitative estimate of drug-likeness (QED) is 0.568. The van der Waals surface area contributed by atoms with Crippen molar-refractivity contribution in [3.05, 3.63) is 29.8 Å². The van der Waals surface area contributed by atoms with Gasteiger partial charge in [-0.3, -0.25) is 0 Å². The van der Waals surface area contributed by atoms with Crippen LogP contribution in [0.3, 0.4) is 0 Å². The maximum Gasteiger partial charge on any atom is 0.340 e. The van der Waals surface area contributed by atoms with Crippen molar-refractivity contribution >= 4 is 5.97 Å². The molecule has 0 aliphatic carbocycles. The summed E-state index contributed by atoms with van der Waals surface area (Å²) in [5.41, 5.74) is 0.227. The summed E-state index contributed by atoms with van der Waals surface area (Å²) in [6, 6.07) is 2.45. The van der Waals surface area contributed by atoms with Crippen molar-refractivity contribution in [1.82, 2.24) is 4.98 Å². The summed E-state index contributed by atoms with van der Waals surface area (Å²) in [5.74, 6) is -1.15. The summed E-state index contributed by atoms with van der Waals surface area (Å²) in [6.45, 7) is 4.50. The Bertz CT molecular complexity index is 340. The highest BCUT2D eigenvalue weighted by molar-refractivity contribution is 5.89. The molecule has 0 fully saturated rings. The van der Waals surface area contributed by atoms with E-state index in [9.17, 15) is 9.18 Å². The van der Waals surface area contributed by atoms with E-state index in [1.54, 1.807) is 6.92 Å². The van der Waals surface area contributed by atoms with E-state index < -0.39 is 11.9 Å². The first-order chi connectivity index (χ1) is 7.63. The fourth-order valence-electron chi connectivity index (χ4n) is 1.07. The average Bonchev–Trinajstić information content (AvgIpc) is 2.27. The Hall–Kier alpha value is -1.49. The molecule has 0 saturated carbocycles. The van der Waals surface area contributed by atoms with Crippen LogP contribution in [0.2, 0.25) is 0 Å². The summed E-state index contributed by atoms with van der Waals surface area (Å²) in [7, 11) is 0. The summed E-state index contributed by atoms with van der Waals surface area (Å²) < 4.78 is 22.6. The van der Waals surface area contributed by atoms with Gasteiger partial charge in [-0.2, -0.15) is 4.39 Å². The molecular weight excluding hydrogens is 213 g/mol. The Kier molecular flexibility index (Phi) is 4.85. The van der Waals surface area contributed by atoms with Gasteiger partial charge in [0.25, 0.3) is 0 Å². The Labute approximate surface area is 93.4 Å². The monoisotopic (exact) mass is 227 g/mol. The van der Waals surface area contributed by atoms with Gasteiger partial charge in [0.1, 0.15) is 6.10 Å². The topological polar surface area (TPSA) is 48.4 Å². The molecule has 0 bridgehead atoms. The fraction of sp³-hybridized carbons (Fsp3) is 0.455. The van der Waals surface area contributed by atoms with Gasteiger partial charge in [0.2, 0.25) is 5.95 Å². The van der Waals surface area contributed by atoms with Crippen LogP contribution in [0.4, 0.5) is 4.39 Å². The lowest BCUT2D eigenvalue weighted by Gasteiger charge is -2.12. The van der Waals surface area contributed by atoms with E-state index in [0.29, 0.717) is 13.2 Å². The number of hydrogen-bond acceptors (Lipinski definition) is 4. The first kappa shape index (κ1) is 12.6. The molecule has 1 atom stereocenters. The molecule has 16 heavy (non-hydrogen) atoms. The molecule has 0 aromatic carbocycles. The third-order valence-corrected chi connectivity index (χ3v) is 1.83. The van der Waals surface area contributed by atoms with Crippen LogP contribution in [-0.2, 0) is 9.47 Å². The van der Waals surface area contributed by atoms with Crippen molar-refractivity contribution in [2.24, 2.45) is 0 Å². The van der Waals surface area contributed by atoms with E-state index in [4.69, 9.17) is 9.47 Å². The number of carbonyl (C=O) groups is 1. The number of ether oxygens (including phenoxy) is 2. The molecule has 1 aromatic heterocycles. The lowest BCUT2D eigenvalue weighted by Crippen LogP contribution is -2.20. The predicted octanol–water partition coefficient (Wildman–Crippen LogP) is 1.80. The Morgan fingerprint density at radius 3 is 2.88 bits per heavy atom. The Morgan fingerprint density at radius 2 is 2.31 bits per heavy atom. The zero-order valence-electron chi connectivity index (χ0n) is 9.27. The van der Waals surface area contributed by atoms with Crippen LogP contribution in [0, 0.1) is 5.95 Å². The van der Waals surface area contributed by atoms with Crippen molar-refractivity contribution in [3.63, 3.8) is 0 Å². The highest BCUT2D eigenvalue weighted by Gasteiger charge is 2.12. The van der Waals surface area contributed by atoms with Crippen molar-refractivity contribution in [3.8, 4) is 0 Å². The van der Waals surface area contributed by atoms with Gasteiger partial charge in [0.15, 0.2) is 0 Å². The molecule has 0 amide bonds. The van der Waals surface area contributed by atoms with Crippen molar-refractivity contribution in [1.29, 1.82) is 0 Å². The first-order valence-electron chi connectivity index (χ1n) is 5.03. The first-order valence-corrected chi connectivity index (χ1v) is 5.03. The Balaban J connectivity index is 2.48. The van der Waals surface area contributed by atoms with Gasteiger partial charge < -0.3 is 9.47 Å². The van der Waals surface area contributed by atoms with Crippen LogP contribution in [0.15, 0.2) is 18.3 Å². The van der Waals surface area contributed by atoms with Gasteiger partial charge in [0.05, 0.1) is 12.2 Å². The third kappa shape index (κ3) is 3.94. The smallest absolute Gasteiger partial charge is 0.340 e. The lowest BCUT2D eigenvalue weighted by molar-refractivity contribution is 0.00435. The number of pyridine rings is 1. The molecule has 1 heterocycles. The minimum atomic E-state index is -0.626. The molecule has 1 aromatic rings. The highest BCUT2D eigenvalue weighted by Crippen LogP contribution is 2.04. The van der Waals surface area contributed by atoms with Crippen molar-refractivity contribution < 1.29 is 18.7 Å². The molecule has 0 N–H and O–H groups in total. The van der Waals surface area contributed by atoms with Crippen LogP contribution >= 0.6 is 0 Å². The number of hydrogen-bond donors (Lipinski definition) is 0. The molecule has 1 unspecified atom stereocenters.